The van der Waals surface area contributed by atoms with Crippen molar-refractivity contribution in [2.45, 2.75) is 19.3 Å². The van der Waals surface area contributed by atoms with Gasteiger partial charge in [-0.15, -0.1) is 0 Å². The molecule has 1 aromatic rings. The van der Waals surface area contributed by atoms with Crippen LogP contribution in [0.2, 0.25) is 5.02 Å². The van der Waals surface area contributed by atoms with Gasteiger partial charge in [0.05, 0.1) is 5.02 Å². The van der Waals surface area contributed by atoms with E-state index in [0.717, 1.165) is 37.7 Å². The van der Waals surface area contributed by atoms with Gasteiger partial charge in [-0.3, -0.25) is 4.79 Å². The van der Waals surface area contributed by atoms with Gasteiger partial charge in [-0.2, -0.15) is 0 Å². The summed E-state index contributed by atoms with van der Waals surface area (Å²) in [5.41, 5.74) is 0.376. The van der Waals surface area contributed by atoms with E-state index in [1.54, 1.807) is 6.07 Å². The van der Waals surface area contributed by atoms with E-state index in [9.17, 15) is 9.18 Å². The van der Waals surface area contributed by atoms with Crippen LogP contribution in [0.4, 0.5) is 4.39 Å². The molecule has 1 saturated heterocycles. The number of carbonyl (C=O) groups is 1. The molecule has 0 N–H and O–H groups in total. The average molecular weight is 349 g/mol. The first-order valence-electron chi connectivity index (χ1n) is 6.42. The van der Waals surface area contributed by atoms with E-state index in [4.69, 9.17) is 11.6 Å². The van der Waals surface area contributed by atoms with Crippen LogP contribution in [-0.4, -0.2) is 29.2 Å². The van der Waals surface area contributed by atoms with E-state index in [1.165, 1.54) is 12.1 Å². The number of piperidine rings is 1. The van der Waals surface area contributed by atoms with Crippen molar-refractivity contribution in [3.05, 3.63) is 34.6 Å². The van der Waals surface area contributed by atoms with Crippen LogP contribution in [-0.2, 0) is 0 Å². The van der Waals surface area contributed by atoms with E-state index in [1.807, 2.05) is 4.90 Å². The fourth-order valence-electron chi connectivity index (χ4n) is 2.45. The number of likely N-dealkylation sites (tertiary alicyclic amines) is 1. The van der Waals surface area contributed by atoms with Gasteiger partial charge in [-0.1, -0.05) is 27.5 Å². The largest absolute Gasteiger partial charge is 0.338 e. The maximum Gasteiger partial charge on any atom is 0.253 e. The van der Waals surface area contributed by atoms with E-state index < -0.39 is 5.82 Å². The number of halogens is 3. The molecule has 0 saturated carbocycles. The van der Waals surface area contributed by atoms with Gasteiger partial charge in [0.15, 0.2) is 0 Å². The van der Waals surface area contributed by atoms with Crippen LogP contribution < -0.4 is 0 Å². The first-order valence-corrected chi connectivity index (χ1v) is 7.92. The Labute approximate surface area is 126 Å². The third-order valence-electron chi connectivity index (χ3n) is 3.49. The Morgan fingerprint density at radius 3 is 3.00 bits per heavy atom. The highest BCUT2D eigenvalue weighted by Gasteiger charge is 2.24. The summed E-state index contributed by atoms with van der Waals surface area (Å²) in [5.74, 6) is -0.106. The Morgan fingerprint density at radius 1 is 1.53 bits per heavy atom. The maximum atomic E-state index is 13.4. The molecule has 1 heterocycles. The highest BCUT2D eigenvalue weighted by molar-refractivity contribution is 9.09. The SMILES string of the molecule is O=C(c1ccc(Cl)c(F)c1)N1CCCC(CCBr)C1. The minimum atomic E-state index is -0.540. The molecule has 1 amide bonds. The maximum absolute atomic E-state index is 13.4. The molecule has 1 unspecified atom stereocenters. The summed E-state index contributed by atoms with van der Waals surface area (Å²) in [4.78, 5) is 14.1. The fraction of sp³-hybridized carbons (Fsp3) is 0.500. The molecular weight excluding hydrogens is 333 g/mol. The van der Waals surface area contributed by atoms with Crippen molar-refractivity contribution in [3.63, 3.8) is 0 Å². The van der Waals surface area contributed by atoms with E-state index in [2.05, 4.69) is 15.9 Å². The molecule has 104 valence electrons. The lowest BCUT2D eigenvalue weighted by atomic mass is 9.95. The summed E-state index contributed by atoms with van der Waals surface area (Å²) >= 11 is 9.07. The van der Waals surface area contributed by atoms with Crippen molar-refractivity contribution in [1.29, 1.82) is 0 Å². The Morgan fingerprint density at radius 2 is 2.32 bits per heavy atom. The molecular formula is C14H16BrClFNO. The molecule has 1 fully saturated rings. The third-order valence-corrected chi connectivity index (χ3v) is 4.25. The zero-order valence-corrected chi connectivity index (χ0v) is 12.9. The average Bonchev–Trinajstić information content (AvgIpc) is 2.42. The molecule has 1 aliphatic heterocycles. The number of rotatable bonds is 3. The highest BCUT2D eigenvalue weighted by atomic mass is 79.9. The summed E-state index contributed by atoms with van der Waals surface area (Å²) in [6.45, 7) is 1.51. The second-order valence-corrected chi connectivity index (χ2v) is 6.07. The third kappa shape index (κ3) is 3.69. The van der Waals surface area contributed by atoms with Crippen LogP contribution in [0, 0.1) is 11.7 Å². The number of hydrogen-bond acceptors (Lipinski definition) is 1. The Hall–Kier alpha value is -0.610. The van der Waals surface area contributed by atoms with Crippen molar-refractivity contribution >= 4 is 33.4 Å². The second-order valence-electron chi connectivity index (χ2n) is 4.87. The first kappa shape index (κ1) is 14.8. The number of hydrogen-bond donors (Lipinski definition) is 0. The molecule has 19 heavy (non-hydrogen) atoms. The van der Waals surface area contributed by atoms with Crippen molar-refractivity contribution in [1.82, 2.24) is 4.90 Å². The molecule has 1 aromatic carbocycles. The van der Waals surface area contributed by atoms with Gasteiger partial charge in [0.1, 0.15) is 5.82 Å². The molecule has 2 nitrogen and oxygen atoms in total. The monoisotopic (exact) mass is 347 g/mol. The van der Waals surface area contributed by atoms with E-state index >= 15 is 0 Å². The topological polar surface area (TPSA) is 20.3 Å². The molecule has 1 aliphatic rings. The molecule has 2 rings (SSSR count). The molecule has 0 spiro atoms. The Bertz CT molecular complexity index is 467. The Balaban J connectivity index is 2.08. The second kappa shape index (κ2) is 6.71. The fourth-order valence-corrected chi connectivity index (χ4v) is 3.22. The van der Waals surface area contributed by atoms with Gasteiger partial charge >= 0.3 is 0 Å². The number of nitrogens with zero attached hydrogens (tertiary/aromatic N) is 1. The molecule has 0 aromatic heterocycles. The first-order chi connectivity index (χ1) is 9.11. The van der Waals surface area contributed by atoms with E-state index in [-0.39, 0.29) is 10.9 Å². The lowest BCUT2D eigenvalue weighted by Crippen LogP contribution is -2.40. The zero-order chi connectivity index (χ0) is 13.8. The summed E-state index contributed by atoms with van der Waals surface area (Å²) in [6.07, 6.45) is 3.24. The summed E-state index contributed by atoms with van der Waals surface area (Å²) in [7, 11) is 0. The van der Waals surface area contributed by atoms with Crippen LogP contribution >= 0.6 is 27.5 Å². The predicted octanol–water partition coefficient (Wildman–Crippen LogP) is 4.12. The molecule has 0 bridgehead atoms. The molecule has 5 heteroatoms. The Kier molecular flexibility index (Phi) is 5.22. The van der Waals surface area contributed by atoms with Crippen LogP contribution in [0.5, 0.6) is 0 Å². The summed E-state index contributed by atoms with van der Waals surface area (Å²) in [5, 5.41) is 1.00. The van der Waals surface area contributed by atoms with Crippen molar-refractivity contribution in [3.8, 4) is 0 Å². The van der Waals surface area contributed by atoms with Gasteiger partial charge < -0.3 is 4.90 Å². The van der Waals surface area contributed by atoms with Crippen LogP contribution in [0.25, 0.3) is 0 Å². The predicted molar refractivity (Wildman–Crippen MR) is 78.4 cm³/mol. The quantitative estimate of drug-likeness (QED) is 0.753. The lowest BCUT2D eigenvalue weighted by molar-refractivity contribution is 0.0671. The van der Waals surface area contributed by atoms with Gasteiger partial charge in [0, 0.05) is 24.0 Å². The van der Waals surface area contributed by atoms with Crippen LogP contribution in [0.15, 0.2) is 18.2 Å². The normalized spacial score (nSPS) is 19.5. The summed E-state index contributed by atoms with van der Waals surface area (Å²) < 4.78 is 13.4. The van der Waals surface area contributed by atoms with Crippen molar-refractivity contribution in [2.24, 2.45) is 5.92 Å². The molecule has 1 atom stereocenters. The lowest BCUT2D eigenvalue weighted by Gasteiger charge is -2.32. The standard InChI is InChI=1S/C14H16BrClFNO/c15-6-5-10-2-1-7-18(9-10)14(19)11-3-4-12(16)13(17)8-11/h3-4,8,10H,1-2,5-7,9H2. The smallest absolute Gasteiger partial charge is 0.253 e. The van der Waals surface area contributed by atoms with Crippen molar-refractivity contribution < 1.29 is 9.18 Å². The summed E-state index contributed by atoms with van der Waals surface area (Å²) in [6, 6.07) is 4.24. The highest BCUT2D eigenvalue weighted by Crippen LogP contribution is 2.23. The van der Waals surface area contributed by atoms with Gasteiger partial charge in [-0.05, 0) is 43.4 Å². The van der Waals surface area contributed by atoms with Gasteiger partial charge in [-0.25, -0.2) is 4.39 Å². The van der Waals surface area contributed by atoms with Crippen LogP contribution in [0.1, 0.15) is 29.6 Å². The minimum Gasteiger partial charge on any atom is -0.338 e. The van der Waals surface area contributed by atoms with Gasteiger partial charge in [0.2, 0.25) is 0 Å². The zero-order valence-electron chi connectivity index (χ0n) is 10.5. The molecule has 0 aliphatic carbocycles. The number of benzene rings is 1. The molecule has 0 radical (unpaired) electrons. The number of alkyl halides is 1. The van der Waals surface area contributed by atoms with Crippen LogP contribution in [0.3, 0.4) is 0 Å². The van der Waals surface area contributed by atoms with E-state index in [0.29, 0.717) is 11.5 Å². The van der Waals surface area contributed by atoms with Crippen molar-refractivity contribution in [2.75, 3.05) is 18.4 Å². The number of amides is 1. The number of carbonyl (C=O) groups excluding carboxylic acids is 1. The van der Waals surface area contributed by atoms with Gasteiger partial charge in [0.25, 0.3) is 5.91 Å². The minimum absolute atomic E-state index is 0.0485.